The average molecular weight is 1720 g/mol. The fourth-order valence-electron chi connectivity index (χ4n) is 13.3. The second kappa shape index (κ2) is 47.1. The second-order valence-electron chi connectivity index (χ2n) is 29.3. The summed E-state index contributed by atoms with van der Waals surface area (Å²) in [7, 11) is 2.81. The molecule has 26 N–H and O–H groups in total. The summed E-state index contributed by atoms with van der Waals surface area (Å²) in [4.78, 5) is 224. The number of nitrogens with zero attached hydrogens (tertiary/aromatic N) is 5. The van der Waals surface area contributed by atoms with Crippen molar-refractivity contribution >= 4 is 117 Å². The van der Waals surface area contributed by atoms with Gasteiger partial charge in [-0.3, -0.25) is 77.9 Å². The summed E-state index contributed by atoms with van der Waals surface area (Å²) in [5, 5.41) is 75.3. The predicted octanol–water partition coefficient (Wildman–Crippen LogP) is -5.06. The minimum Gasteiger partial charge on any atom is -0.508 e. The highest BCUT2D eigenvalue weighted by Crippen LogP contribution is 2.22. The number of carbonyl (C=O) groups is 14. The fourth-order valence-corrected chi connectivity index (χ4v) is 14.1. The number of aromatic nitrogens is 6. The lowest BCUT2D eigenvalue weighted by atomic mass is 9.97. The number of likely N-dealkylation sites (N-methyl/N-ethyl adjacent to an activating group) is 1. The van der Waals surface area contributed by atoms with Gasteiger partial charge in [-0.05, 0) is 78.6 Å². The van der Waals surface area contributed by atoms with Crippen LogP contribution in [0.5, 0.6) is 5.75 Å². The number of benzene rings is 4. The van der Waals surface area contributed by atoms with E-state index in [1.165, 1.54) is 73.5 Å². The van der Waals surface area contributed by atoms with Gasteiger partial charge < -0.3 is 121 Å². The number of aromatic amines is 2. The van der Waals surface area contributed by atoms with Crippen molar-refractivity contribution in [1.29, 1.82) is 10.8 Å². The number of hydrogen-bond acceptors (Lipinski definition) is 22. The number of phenolic OH excluding ortho intramolecular Hbond substituents is 1. The Kier molecular flexibility index (Phi) is 36.2. The monoisotopic (exact) mass is 1720 g/mol. The molecule has 1 fully saturated rings. The van der Waals surface area contributed by atoms with Crippen LogP contribution < -0.4 is 91.6 Å². The van der Waals surface area contributed by atoms with Crippen LogP contribution in [0.2, 0.25) is 0 Å². The van der Waals surface area contributed by atoms with E-state index in [0.29, 0.717) is 27.8 Å². The van der Waals surface area contributed by atoms with E-state index < -0.39 is 198 Å². The molecule has 0 spiro atoms. The molecule has 658 valence electrons. The van der Waals surface area contributed by atoms with Crippen LogP contribution in [0.3, 0.4) is 0 Å². The number of guanidine groups is 2. The van der Waals surface area contributed by atoms with Crippen LogP contribution in [0, 0.1) is 10.8 Å². The topological polar surface area (TPSA) is 652 Å². The summed E-state index contributed by atoms with van der Waals surface area (Å²) in [5.74, 6) is -15.6. The van der Waals surface area contributed by atoms with E-state index in [1.54, 1.807) is 68.6 Å². The Morgan fingerprint density at radius 1 is 0.553 bits per heavy atom. The van der Waals surface area contributed by atoms with Crippen molar-refractivity contribution in [3.63, 3.8) is 0 Å². The Morgan fingerprint density at radius 3 is 1.66 bits per heavy atom. The second-order valence-corrected chi connectivity index (χ2v) is 30.3. The molecular weight excluding hydrogens is 1610 g/mol. The van der Waals surface area contributed by atoms with Crippen molar-refractivity contribution in [2.75, 3.05) is 44.7 Å². The number of nitrogens with two attached hydrogens (primary N) is 3. The molecule has 0 bridgehead atoms. The third-order valence-corrected chi connectivity index (χ3v) is 20.9. The van der Waals surface area contributed by atoms with E-state index in [0.717, 1.165) is 29.0 Å². The molecule has 3 aromatic heterocycles. The molecule has 7 aromatic rings. The summed E-state index contributed by atoms with van der Waals surface area (Å²) in [5.41, 5.74) is 18.9. The lowest BCUT2D eigenvalue weighted by molar-refractivity contribution is -0.143. The molecule has 0 unspecified atom stereocenters. The zero-order valence-corrected chi connectivity index (χ0v) is 69.0. The number of aromatic hydroxyl groups is 1. The molecule has 4 heterocycles. The molecule has 14 amide bonds. The standard InChI is InChI=1S/C80H106N26O16S/c1-5-54-70(114)99-58(30-48-18-11-17-47-16-9-10-19-53(47)48)73(117)100-59(31-49-34-86-41-93-49)68(112)92-38-65(110)104-67(44(2)107)77(121)98-56(21-13-27-90-80(84)85)78(122)106(4)63(29-46-22-24-52(108)25-23-46)76(120)102-60(32-50-35-87-42-94-50)74(118)97-55(20-12-26-89-79(82)83)71(115)101-61(33-51-36-88-43-105(51)3)75(119)103-62(69(113)91-37-64(81)109)39-123-40-66(111)95-57(72(116)96-54)28-45-14-7-6-8-15-45/h6-11,14-19,22-25,34-36,41-44,54-63,67,107-108H,5,12-13,20-21,26-33,37-40H2,1-4H3,(H2,81,109)(H,86,93)(H,87,94)(H,91,113)(H,92,112)(H,95,111)(H,96,116)(H,97,118)(H,98,121)(H,99,114)(H,100,117)(H,101,115)(H,102,120)(H,103,119)(H,104,110)(H4,82,83,89)(H4,84,85,90)/t44-,54-,55-,56-,57-,58-,59-,60-,61-,62-,63-,67-/m0/s1. The number of aliphatic hydroxyl groups excluding tert-OH is 1. The number of aryl methyl sites for hydroxylation is 1. The number of amides is 14. The Morgan fingerprint density at radius 2 is 1.07 bits per heavy atom. The highest BCUT2D eigenvalue weighted by Gasteiger charge is 2.40. The summed E-state index contributed by atoms with van der Waals surface area (Å²) >= 11 is 0.797. The number of imidazole rings is 3. The van der Waals surface area contributed by atoms with Crippen LogP contribution in [-0.2, 0) is 113 Å². The number of H-pyrrole nitrogens is 2. The molecule has 43 heteroatoms. The van der Waals surface area contributed by atoms with E-state index in [4.69, 9.17) is 28.0 Å². The zero-order chi connectivity index (χ0) is 89.2. The van der Waals surface area contributed by atoms with Gasteiger partial charge in [0, 0.05) is 95.7 Å². The minimum atomic E-state index is -1.89. The molecule has 0 aliphatic carbocycles. The van der Waals surface area contributed by atoms with Crippen molar-refractivity contribution < 1.29 is 77.3 Å². The molecule has 0 radical (unpaired) electrons. The van der Waals surface area contributed by atoms with Crippen LogP contribution in [-0.4, -0.2) is 257 Å². The van der Waals surface area contributed by atoms with E-state index in [2.05, 4.69) is 99.4 Å². The van der Waals surface area contributed by atoms with Crippen molar-refractivity contribution in [1.82, 2.24) is 109 Å². The van der Waals surface area contributed by atoms with E-state index in [1.807, 2.05) is 18.2 Å². The van der Waals surface area contributed by atoms with Crippen molar-refractivity contribution in [2.24, 2.45) is 24.2 Å². The molecule has 1 saturated heterocycles. The number of carbonyl (C=O) groups excluding carboxylic acids is 14. The van der Waals surface area contributed by atoms with Crippen molar-refractivity contribution in [3.05, 3.63) is 168 Å². The molecule has 123 heavy (non-hydrogen) atoms. The van der Waals surface area contributed by atoms with Gasteiger partial charge in [-0.1, -0.05) is 91.9 Å². The first kappa shape index (κ1) is 94.5. The molecule has 1 aliphatic rings. The largest absolute Gasteiger partial charge is 0.508 e. The first-order chi connectivity index (χ1) is 58.8. The van der Waals surface area contributed by atoms with E-state index in [-0.39, 0.29) is 94.4 Å². The first-order valence-electron chi connectivity index (χ1n) is 39.6. The highest BCUT2D eigenvalue weighted by molar-refractivity contribution is 8.00. The van der Waals surface area contributed by atoms with E-state index >= 15 is 28.8 Å². The Hall–Kier alpha value is -14.0. The van der Waals surface area contributed by atoms with Crippen LogP contribution in [0.15, 0.2) is 135 Å². The maximum Gasteiger partial charge on any atom is 0.245 e. The number of thioether (sulfide) groups is 1. The Balaban J connectivity index is 1.20. The van der Waals surface area contributed by atoms with Gasteiger partial charge in [-0.15, -0.1) is 11.8 Å². The number of phenols is 1. The molecule has 12 atom stereocenters. The van der Waals surface area contributed by atoms with Gasteiger partial charge in [0.05, 0.1) is 55.3 Å². The first-order valence-corrected chi connectivity index (χ1v) is 40.7. The van der Waals surface area contributed by atoms with Crippen LogP contribution in [0.4, 0.5) is 0 Å². The summed E-state index contributed by atoms with van der Waals surface area (Å²) in [6.07, 6.45) is 4.15. The maximum atomic E-state index is 15.4. The Labute approximate surface area is 711 Å². The van der Waals surface area contributed by atoms with Gasteiger partial charge in [0.2, 0.25) is 82.7 Å². The van der Waals surface area contributed by atoms with Crippen LogP contribution in [0.25, 0.3) is 10.8 Å². The van der Waals surface area contributed by atoms with Gasteiger partial charge >= 0.3 is 0 Å². The van der Waals surface area contributed by atoms with Gasteiger partial charge in [-0.2, -0.15) is 0 Å². The van der Waals surface area contributed by atoms with Gasteiger partial charge in [-0.25, -0.2) is 15.0 Å². The van der Waals surface area contributed by atoms with Gasteiger partial charge in [0.15, 0.2) is 11.9 Å². The maximum absolute atomic E-state index is 15.4. The molecular formula is C80H106N26O16S. The smallest absolute Gasteiger partial charge is 0.245 e. The van der Waals surface area contributed by atoms with Crippen LogP contribution in [0.1, 0.15) is 79.7 Å². The van der Waals surface area contributed by atoms with E-state index in [9.17, 15) is 48.6 Å². The predicted molar refractivity (Wildman–Crippen MR) is 450 cm³/mol. The minimum absolute atomic E-state index is 0.00390. The molecule has 0 saturated carbocycles. The lowest BCUT2D eigenvalue weighted by Crippen LogP contribution is -2.62. The summed E-state index contributed by atoms with van der Waals surface area (Å²) in [6, 6.07) is 8.94. The number of fused-ring (bicyclic) bond motifs is 1. The number of primary amides is 1. The third-order valence-electron chi connectivity index (χ3n) is 19.9. The normalized spacial score (nSPS) is 21.9. The van der Waals surface area contributed by atoms with Gasteiger partial charge in [0.1, 0.15) is 72.2 Å². The number of nitrogens with one attached hydrogen (secondary N) is 18. The van der Waals surface area contributed by atoms with Gasteiger partial charge in [0.25, 0.3) is 0 Å². The SMILES string of the molecule is CC[C@@H]1NC(=O)[C@H](Cc2ccccc2)NC(=O)CSC[C@@H](C(=O)NCC(N)=O)NC(=O)[C@H](Cc2cncn2C)NC(=O)[C@H](CCCNC(=N)N)NC(=O)[C@H](Cc2c[nH]cn2)NC(=O)[C@H](Cc2ccc(O)cc2)N(C)C(=O)[C@H](CCCNC(=N)N)NC(=O)[C@H]([C@H](C)O)NC(=O)CNC(=O)[C@H](Cc2c[nH]cn2)NC(=O)[C@H](Cc2cccc3ccccc23)NC1=O. The average Bonchev–Trinajstić information content (AvgIpc) is 1.55. The Bertz CT molecular complexity index is 4820. The molecule has 1 aliphatic heterocycles. The fraction of sp³-hybridized carbons (Fsp3) is 0.412. The number of aliphatic hydroxyl groups is 1. The molecule has 8 rings (SSSR count). The lowest BCUT2D eigenvalue weighted by Gasteiger charge is -2.33. The highest BCUT2D eigenvalue weighted by atomic mass is 32.2. The third kappa shape index (κ3) is 30.0. The quantitative estimate of drug-likeness (QED) is 0.0145. The van der Waals surface area contributed by atoms with Crippen LogP contribution >= 0.6 is 11.8 Å². The summed E-state index contributed by atoms with van der Waals surface area (Å²) < 4.78 is 1.53. The number of rotatable bonds is 25. The summed E-state index contributed by atoms with van der Waals surface area (Å²) in [6.45, 7) is 1.02. The van der Waals surface area contributed by atoms with Crippen molar-refractivity contribution in [2.45, 2.75) is 157 Å². The number of hydrogen-bond donors (Lipinski definition) is 23. The molecule has 4 aromatic carbocycles. The van der Waals surface area contributed by atoms with Crippen molar-refractivity contribution in [3.8, 4) is 5.75 Å². The molecule has 42 nitrogen and oxygen atoms in total. The zero-order valence-electron chi connectivity index (χ0n) is 68.1.